The number of carbonyl (C=O) groups is 1. The highest BCUT2D eigenvalue weighted by molar-refractivity contribution is 7.88. The minimum Gasteiger partial charge on any atom is -0.325 e. The topological polar surface area (TPSA) is 66.5 Å². The molecule has 0 aliphatic rings. The minimum absolute atomic E-state index is 0.200. The highest BCUT2D eigenvalue weighted by Crippen LogP contribution is 2.24. The van der Waals surface area contributed by atoms with Crippen molar-refractivity contribution in [1.82, 2.24) is 4.31 Å². The molecule has 1 rings (SSSR count). The molecule has 5 nitrogen and oxygen atoms in total. The Morgan fingerprint density at radius 2 is 1.77 bits per heavy atom. The summed E-state index contributed by atoms with van der Waals surface area (Å²) in [5.74, 6) is -0.0708. The van der Waals surface area contributed by atoms with Crippen LogP contribution in [-0.2, 0) is 14.8 Å². The van der Waals surface area contributed by atoms with Crippen LogP contribution in [0.25, 0.3) is 0 Å². The lowest BCUT2D eigenvalue weighted by Crippen LogP contribution is -2.48. The third-order valence-electron chi connectivity index (χ3n) is 3.29. The van der Waals surface area contributed by atoms with Gasteiger partial charge in [-0.1, -0.05) is 32.0 Å². The van der Waals surface area contributed by atoms with Crippen LogP contribution in [0.2, 0.25) is 0 Å². The highest BCUT2D eigenvalue weighted by Gasteiger charge is 2.31. The fraction of sp³-hybridized carbons (Fsp3) is 0.562. The number of amides is 1. The monoisotopic (exact) mass is 326 g/mol. The lowest BCUT2D eigenvalue weighted by atomic mass is 10.0. The summed E-state index contributed by atoms with van der Waals surface area (Å²) >= 11 is 0. The number of anilines is 1. The summed E-state index contributed by atoms with van der Waals surface area (Å²) in [4.78, 5) is 12.3. The normalized spacial score (nSPS) is 12.7. The van der Waals surface area contributed by atoms with Gasteiger partial charge in [0.15, 0.2) is 0 Å². The molecular formula is C16H26N2O3S. The van der Waals surface area contributed by atoms with Gasteiger partial charge >= 0.3 is 0 Å². The number of sulfonamides is 1. The number of hydrogen-bond acceptors (Lipinski definition) is 3. The van der Waals surface area contributed by atoms with Gasteiger partial charge in [0, 0.05) is 11.2 Å². The molecule has 22 heavy (non-hydrogen) atoms. The number of nitrogens with one attached hydrogen (secondary N) is 1. The van der Waals surface area contributed by atoms with E-state index in [1.165, 1.54) is 4.31 Å². The lowest BCUT2D eigenvalue weighted by Gasteiger charge is -2.32. The molecule has 0 aliphatic heterocycles. The van der Waals surface area contributed by atoms with Gasteiger partial charge in [0.25, 0.3) is 0 Å². The quantitative estimate of drug-likeness (QED) is 0.905. The Labute approximate surface area is 133 Å². The first-order valence-corrected chi connectivity index (χ1v) is 9.14. The van der Waals surface area contributed by atoms with Crippen molar-refractivity contribution in [3.8, 4) is 0 Å². The van der Waals surface area contributed by atoms with Crippen LogP contribution in [0.1, 0.15) is 46.1 Å². The fourth-order valence-corrected chi connectivity index (χ4v) is 3.63. The Hall–Kier alpha value is -1.40. The van der Waals surface area contributed by atoms with Crippen molar-refractivity contribution in [3.63, 3.8) is 0 Å². The smallest absolute Gasteiger partial charge is 0.239 e. The third kappa shape index (κ3) is 5.10. The summed E-state index contributed by atoms with van der Waals surface area (Å²) in [7, 11) is -3.46. The Balaban J connectivity index is 2.95. The van der Waals surface area contributed by atoms with Gasteiger partial charge in [-0.15, -0.1) is 0 Å². The number of hydrogen-bond donors (Lipinski definition) is 1. The van der Waals surface area contributed by atoms with E-state index in [1.54, 1.807) is 20.8 Å². The molecule has 0 aromatic heterocycles. The molecule has 0 saturated carbocycles. The zero-order chi connectivity index (χ0) is 17.1. The van der Waals surface area contributed by atoms with Gasteiger partial charge in [-0.3, -0.25) is 4.79 Å². The van der Waals surface area contributed by atoms with Crippen molar-refractivity contribution < 1.29 is 13.2 Å². The van der Waals surface area contributed by atoms with Crippen molar-refractivity contribution in [3.05, 3.63) is 29.8 Å². The Morgan fingerprint density at radius 1 is 1.23 bits per heavy atom. The molecule has 1 aromatic carbocycles. The van der Waals surface area contributed by atoms with Gasteiger partial charge in [0.05, 0.1) is 12.8 Å². The molecule has 0 atom stereocenters. The molecule has 1 amide bonds. The minimum atomic E-state index is -3.46. The Bertz CT molecular complexity index is 631. The van der Waals surface area contributed by atoms with E-state index in [9.17, 15) is 13.2 Å². The zero-order valence-electron chi connectivity index (χ0n) is 14.2. The molecule has 0 heterocycles. The maximum atomic E-state index is 12.3. The van der Waals surface area contributed by atoms with Crippen molar-refractivity contribution in [2.75, 3.05) is 18.1 Å². The van der Waals surface area contributed by atoms with Crippen LogP contribution in [0.5, 0.6) is 0 Å². The number of nitrogens with zero attached hydrogens (tertiary/aromatic N) is 1. The van der Waals surface area contributed by atoms with Crippen LogP contribution in [0.15, 0.2) is 24.3 Å². The van der Waals surface area contributed by atoms with Crippen molar-refractivity contribution in [2.24, 2.45) is 0 Å². The number of carbonyl (C=O) groups excluding carboxylic acids is 1. The third-order valence-corrected chi connectivity index (χ3v) is 4.77. The molecule has 0 radical (unpaired) electrons. The summed E-state index contributed by atoms with van der Waals surface area (Å²) in [5, 5.41) is 2.82. The molecule has 0 fully saturated rings. The Kier molecular flexibility index (Phi) is 5.76. The largest absolute Gasteiger partial charge is 0.325 e. The summed E-state index contributed by atoms with van der Waals surface area (Å²) < 4.78 is 25.0. The van der Waals surface area contributed by atoms with Crippen molar-refractivity contribution in [2.45, 2.75) is 46.1 Å². The Morgan fingerprint density at radius 3 is 2.23 bits per heavy atom. The second-order valence-electron chi connectivity index (χ2n) is 6.73. The van der Waals surface area contributed by atoms with Crippen LogP contribution in [0.3, 0.4) is 0 Å². The van der Waals surface area contributed by atoms with Gasteiger partial charge in [0.1, 0.15) is 0 Å². The van der Waals surface area contributed by atoms with Gasteiger partial charge in [-0.2, -0.15) is 4.31 Å². The average molecular weight is 326 g/mol. The molecular weight excluding hydrogens is 300 g/mol. The number of para-hydroxylation sites is 1. The first kappa shape index (κ1) is 18.6. The predicted octanol–water partition coefficient (Wildman–Crippen LogP) is 2.81. The molecule has 1 N–H and O–H groups in total. The molecule has 124 valence electrons. The average Bonchev–Trinajstić information content (AvgIpc) is 2.33. The van der Waals surface area contributed by atoms with Crippen LogP contribution in [0, 0.1) is 0 Å². The summed E-state index contributed by atoms with van der Waals surface area (Å²) in [6, 6.07) is 7.55. The standard InChI is InChI=1S/C16H26N2O3S/c1-12(2)13-9-7-8-10-14(13)17-15(19)11-18(16(3,4)5)22(6,20)21/h7-10,12H,11H2,1-6H3,(H,17,19). The van der Waals surface area contributed by atoms with Gasteiger partial charge < -0.3 is 5.32 Å². The SMILES string of the molecule is CC(C)c1ccccc1NC(=O)CN(C(C)(C)C)S(C)(=O)=O. The van der Waals surface area contributed by atoms with E-state index in [2.05, 4.69) is 5.32 Å². The highest BCUT2D eigenvalue weighted by atomic mass is 32.2. The molecule has 0 bridgehead atoms. The van der Waals surface area contributed by atoms with Gasteiger partial charge in [0.2, 0.25) is 15.9 Å². The van der Waals surface area contributed by atoms with E-state index in [-0.39, 0.29) is 18.4 Å². The molecule has 1 aromatic rings. The molecule has 0 spiro atoms. The van der Waals surface area contributed by atoms with E-state index in [0.717, 1.165) is 17.5 Å². The number of benzene rings is 1. The van der Waals surface area contributed by atoms with Crippen LogP contribution < -0.4 is 5.32 Å². The van der Waals surface area contributed by atoms with Gasteiger partial charge in [-0.25, -0.2) is 8.42 Å². The fourth-order valence-electron chi connectivity index (χ4n) is 2.29. The van der Waals surface area contributed by atoms with Crippen LogP contribution >= 0.6 is 0 Å². The van der Waals surface area contributed by atoms with Crippen molar-refractivity contribution in [1.29, 1.82) is 0 Å². The molecule has 0 unspecified atom stereocenters. The molecule has 6 heteroatoms. The van der Waals surface area contributed by atoms with E-state index in [4.69, 9.17) is 0 Å². The summed E-state index contributed by atoms with van der Waals surface area (Å²) in [5.41, 5.74) is 1.10. The molecule has 0 saturated heterocycles. The lowest BCUT2D eigenvalue weighted by molar-refractivity contribution is -0.117. The zero-order valence-corrected chi connectivity index (χ0v) is 15.0. The first-order chi connectivity index (χ1) is 9.93. The van der Waals surface area contributed by atoms with E-state index in [0.29, 0.717) is 0 Å². The predicted molar refractivity (Wildman–Crippen MR) is 90.5 cm³/mol. The van der Waals surface area contributed by atoms with Gasteiger partial charge in [-0.05, 0) is 38.3 Å². The van der Waals surface area contributed by atoms with E-state index in [1.807, 2.05) is 38.1 Å². The second kappa shape index (κ2) is 6.79. The van der Waals surface area contributed by atoms with Crippen LogP contribution in [-0.4, -0.2) is 37.0 Å². The first-order valence-electron chi connectivity index (χ1n) is 7.29. The number of rotatable bonds is 5. The summed E-state index contributed by atoms with van der Waals surface area (Å²) in [6.07, 6.45) is 1.12. The maximum Gasteiger partial charge on any atom is 0.239 e. The van der Waals surface area contributed by atoms with Crippen molar-refractivity contribution >= 4 is 21.6 Å². The second-order valence-corrected chi connectivity index (χ2v) is 8.64. The summed E-state index contributed by atoms with van der Waals surface area (Å²) in [6.45, 7) is 9.19. The maximum absolute atomic E-state index is 12.3. The van der Waals surface area contributed by atoms with E-state index >= 15 is 0 Å². The van der Waals surface area contributed by atoms with E-state index < -0.39 is 15.6 Å². The molecule has 0 aliphatic carbocycles. The van der Waals surface area contributed by atoms with Crippen LogP contribution in [0.4, 0.5) is 5.69 Å².